The molecule has 4 heteroatoms. The molecule has 23 heavy (non-hydrogen) atoms. The van der Waals surface area contributed by atoms with Crippen molar-refractivity contribution < 1.29 is 9.53 Å². The summed E-state index contributed by atoms with van der Waals surface area (Å²) in [6.45, 7) is 3.04. The molecule has 0 unspecified atom stereocenters. The zero-order valence-electron chi connectivity index (χ0n) is 13.8. The molecule has 0 radical (unpaired) electrons. The summed E-state index contributed by atoms with van der Waals surface area (Å²) in [5, 5.41) is 6.73. The lowest BCUT2D eigenvalue weighted by molar-refractivity contribution is -0.178. The van der Waals surface area contributed by atoms with Crippen molar-refractivity contribution in [2.75, 3.05) is 11.9 Å². The van der Waals surface area contributed by atoms with Crippen molar-refractivity contribution in [3.8, 4) is 0 Å². The summed E-state index contributed by atoms with van der Waals surface area (Å²) in [6, 6.07) is 10.4. The molecule has 4 nitrogen and oxygen atoms in total. The average Bonchev–Trinajstić information content (AvgIpc) is 2.89. The molecule has 2 N–H and O–H groups in total. The van der Waals surface area contributed by atoms with Crippen molar-refractivity contribution in [3.05, 3.63) is 30.3 Å². The van der Waals surface area contributed by atoms with Crippen molar-refractivity contribution in [2.24, 2.45) is 11.3 Å². The third-order valence-electron chi connectivity index (χ3n) is 6.05. The smallest absolute Gasteiger partial charge is 0.225 e. The minimum absolute atomic E-state index is 0.0809. The Labute approximate surface area is 138 Å². The molecule has 124 valence electrons. The third kappa shape index (κ3) is 2.58. The molecular formula is C19H26N2O2. The molecule has 1 aromatic rings. The first-order chi connectivity index (χ1) is 11.2. The Kier molecular flexibility index (Phi) is 3.90. The number of ether oxygens (including phenoxy) is 1. The Morgan fingerprint density at radius 2 is 2.13 bits per heavy atom. The quantitative estimate of drug-likeness (QED) is 0.878. The van der Waals surface area contributed by atoms with Crippen LogP contribution < -0.4 is 10.6 Å². The van der Waals surface area contributed by atoms with Gasteiger partial charge >= 0.3 is 0 Å². The number of fused-ring (bicyclic) bond motifs is 2. The molecule has 1 aliphatic heterocycles. The molecule has 3 fully saturated rings. The van der Waals surface area contributed by atoms with Gasteiger partial charge in [0.1, 0.15) is 0 Å². The van der Waals surface area contributed by atoms with E-state index in [0.717, 1.165) is 12.3 Å². The number of amides is 1. The maximum absolute atomic E-state index is 12.2. The Morgan fingerprint density at radius 3 is 2.83 bits per heavy atom. The van der Waals surface area contributed by atoms with Gasteiger partial charge in [-0.2, -0.15) is 0 Å². The topological polar surface area (TPSA) is 50.4 Å². The second-order valence-electron chi connectivity index (χ2n) is 7.49. The van der Waals surface area contributed by atoms with Crippen LogP contribution in [0.5, 0.6) is 0 Å². The highest BCUT2D eigenvalue weighted by Gasteiger charge is 2.66. The van der Waals surface area contributed by atoms with Gasteiger partial charge < -0.3 is 15.4 Å². The summed E-state index contributed by atoms with van der Waals surface area (Å²) in [5.41, 5.74) is 1.25. The fraction of sp³-hybridized carbons (Fsp3) is 0.632. The van der Waals surface area contributed by atoms with E-state index in [0.29, 0.717) is 29.9 Å². The molecule has 1 aromatic carbocycles. The van der Waals surface area contributed by atoms with E-state index in [1.807, 2.05) is 30.3 Å². The highest BCUT2D eigenvalue weighted by atomic mass is 16.5. The summed E-state index contributed by atoms with van der Waals surface area (Å²) in [6.07, 6.45) is 6.07. The Morgan fingerprint density at radius 1 is 1.35 bits per heavy atom. The predicted molar refractivity (Wildman–Crippen MR) is 90.2 cm³/mol. The molecule has 1 spiro atoms. The van der Waals surface area contributed by atoms with E-state index < -0.39 is 0 Å². The maximum atomic E-state index is 12.2. The van der Waals surface area contributed by atoms with Crippen molar-refractivity contribution >= 4 is 11.6 Å². The van der Waals surface area contributed by atoms with Crippen LogP contribution in [0.15, 0.2) is 30.3 Å². The number of hydrogen-bond acceptors (Lipinski definition) is 3. The predicted octanol–water partition coefficient (Wildman–Crippen LogP) is 2.95. The molecule has 0 aromatic heterocycles. The molecule has 2 saturated carbocycles. The van der Waals surface area contributed by atoms with Gasteiger partial charge in [-0.3, -0.25) is 4.79 Å². The summed E-state index contributed by atoms with van der Waals surface area (Å²) in [7, 11) is 0. The Hall–Kier alpha value is -1.39. The normalized spacial score (nSPS) is 31.8. The van der Waals surface area contributed by atoms with Crippen molar-refractivity contribution in [3.63, 3.8) is 0 Å². The van der Waals surface area contributed by atoms with Gasteiger partial charge in [0.15, 0.2) is 0 Å². The molecule has 0 bridgehead atoms. The van der Waals surface area contributed by atoms with Crippen LogP contribution >= 0.6 is 0 Å². The summed E-state index contributed by atoms with van der Waals surface area (Å²) in [5.74, 6) is 0.743. The van der Waals surface area contributed by atoms with Crippen LogP contribution in [0.2, 0.25) is 0 Å². The molecule has 1 saturated heterocycles. The van der Waals surface area contributed by atoms with Gasteiger partial charge in [0, 0.05) is 42.1 Å². The molecule has 1 heterocycles. The molecule has 3 aliphatic rings. The molecule has 4 atom stereocenters. The summed E-state index contributed by atoms with van der Waals surface area (Å²) >= 11 is 0. The first kappa shape index (κ1) is 15.2. The van der Waals surface area contributed by atoms with Crippen molar-refractivity contribution in [1.82, 2.24) is 5.32 Å². The van der Waals surface area contributed by atoms with Crippen LogP contribution in [-0.2, 0) is 9.53 Å². The largest absolute Gasteiger partial charge is 0.377 e. The first-order valence-electron chi connectivity index (χ1n) is 8.92. The van der Waals surface area contributed by atoms with Gasteiger partial charge in [-0.15, -0.1) is 0 Å². The van der Waals surface area contributed by atoms with Crippen LogP contribution in [-0.4, -0.2) is 30.7 Å². The molecular weight excluding hydrogens is 288 g/mol. The second kappa shape index (κ2) is 5.91. The Balaban J connectivity index is 1.31. The lowest BCUT2D eigenvalue weighted by Gasteiger charge is -2.64. The van der Waals surface area contributed by atoms with E-state index in [2.05, 4.69) is 17.6 Å². The summed E-state index contributed by atoms with van der Waals surface area (Å²) in [4.78, 5) is 12.2. The van der Waals surface area contributed by atoms with E-state index in [1.165, 1.54) is 25.7 Å². The number of carbonyl (C=O) groups is 1. The number of nitrogens with one attached hydrogen (secondary N) is 2. The van der Waals surface area contributed by atoms with E-state index in [9.17, 15) is 4.79 Å². The van der Waals surface area contributed by atoms with Gasteiger partial charge in [-0.1, -0.05) is 24.6 Å². The van der Waals surface area contributed by atoms with Gasteiger partial charge in [0.25, 0.3) is 0 Å². The van der Waals surface area contributed by atoms with Crippen molar-refractivity contribution in [2.45, 2.75) is 57.2 Å². The highest BCUT2D eigenvalue weighted by molar-refractivity contribution is 5.91. The number of anilines is 1. The highest BCUT2D eigenvalue weighted by Crippen LogP contribution is 2.62. The maximum Gasteiger partial charge on any atom is 0.225 e. The fourth-order valence-electron chi connectivity index (χ4n) is 4.87. The van der Waals surface area contributed by atoms with E-state index in [4.69, 9.17) is 4.74 Å². The number of rotatable bonds is 5. The van der Waals surface area contributed by atoms with Gasteiger partial charge in [0.05, 0.1) is 6.10 Å². The summed E-state index contributed by atoms with van der Waals surface area (Å²) < 4.78 is 5.96. The van der Waals surface area contributed by atoms with Gasteiger partial charge in [-0.25, -0.2) is 0 Å². The number of carbonyl (C=O) groups excluding carboxylic acids is 1. The Bertz CT molecular complexity index is 570. The number of hydrogen-bond donors (Lipinski definition) is 2. The van der Waals surface area contributed by atoms with Crippen LogP contribution in [0.4, 0.5) is 5.69 Å². The van der Waals surface area contributed by atoms with E-state index >= 15 is 0 Å². The minimum atomic E-state index is 0.0809. The third-order valence-corrected chi connectivity index (χ3v) is 6.05. The van der Waals surface area contributed by atoms with Crippen LogP contribution in [0.25, 0.3) is 0 Å². The van der Waals surface area contributed by atoms with Crippen molar-refractivity contribution in [1.29, 1.82) is 0 Å². The monoisotopic (exact) mass is 314 g/mol. The van der Waals surface area contributed by atoms with Crippen LogP contribution in [0.1, 0.15) is 39.0 Å². The SMILES string of the molecule is C[C@H](CC(=O)Nc1ccccc1)N[C@@H]1[C@H]2CCO[C@H]2C12CCC2. The van der Waals surface area contributed by atoms with E-state index in [-0.39, 0.29) is 11.9 Å². The van der Waals surface area contributed by atoms with Crippen LogP contribution in [0.3, 0.4) is 0 Å². The lowest BCUT2D eigenvalue weighted by atomic mass is 9.46. The molecule has 1 amide bonds. The minimum Gasteiger partial charge on any atom is -0.377 e. The van der Waals surface area contributed by atoms with E-state index in [1.54, 1.807) is 0 Å². The average molecular weight is 314 g/mol. The van der Waals surface area contributed by atoms with Gasteiger partial charge in [0.2, 0.25) is 5.91 Å². The molecule has 4 rings (SSSR count). The first-order valence-corrected chi connectivity index (χ1v) is 8.92. The number of benzene rings is 1. The zero-order valence-corrected chi connectivity index (χ0v) is 13.8. The second-order valence-corrected chi connectivity index (χ2v) is 7.49. The lowest BCUT2D eigenvalue weighted by Crippen LogP contribution is -2.72. The zero-order chi connectivity index (χ0) is 15.9. The van der Waals surface area contributed by atoms with Gasteiger partial charge in [-0.05, 0) is 38.3 Å². The van der Waals surface area contributed by atoms with Crippen LogP contribution in [0, 0.1) is 11.3 Å². The standard InChI is InChI=1S/C19H26N2O2/c1-13(12-16(22)21-14-6-3-2-4-7-14)20-17-15-8-11-23-18(15)19(17)9-5-10-19/h2-4,6-7,13,15,17-18,20H,5,8-12H2,1H3,(H,21,22)/t13-,15-,17-,18-/m1/s1. The number of para-hydroxylation sites is 1. The fourth-order valence-corrected chi connectivity index (χ4v) is 4.87. The molecule has 2 aliphatic carbocycles.